The molecule has 7 heteroatoms. The maximum atomic E-state index is 13.4. The Hall–Kier alpha value is -2.67. The van der Waals surface area contributed by atoms with Gasteiger partial charge in [0.2, 0.25) is 5.91 Å². The lowest BCUT2D eigenvalue weighted by molar-refractivity contribution is -0.121. The largest absolute Gasteiger partial charge is 0.360 e. The summed E-state index contributed by atoms with van der Waals surface area (Å²) in [4.78, 5) is 27.2. The molecule has 2 amide bonds. The lowest BCUT2D eigenvalue weighted by Crippen LogP contribution is -2.46. The second-order valence-electron chi connectivity index (χ2n) is 8.42. The summed E-state index contributed by atoms with van der Waals surface area (Å²) >= 11 is 0. The van der Waals surface area contributed by atoms with Gasteiger partial charge in [-0.1, -0.05) is 35.5 Å². The molecule has 0 saturated heterocycles. The highest BCUT2D eigenvalue weighted by molar-refractivity contribution is 5.92. The number of hydrogen-bond acceptors (Lipinski definition) is 5. The SMILES string of the molecule is NCCC(=O)NC1CCC(N(Cc2ccccc2)C(=O)c2cc(C3CC3)on2)CC1. The molecule has 2 aliphatic rings. The minimum Gasteiger partial charge on any atom is -0.360 e. The normalized spacial score (nSPS) is 21.2. The molecule has 0 bridgehead atoms. The van der Waals surface area contributed by atoms with E-state index in [-0.39, 0.29) is 23.9 Å². The molecule has 30 heavy (non-hydrogen) atoms. The van der Waals surface area contributed by atoms with Crippen molar-refractivity contribution in [2.24, 2.45) is 5.73 Å². The highest BCUT2D eigenvalue weighted by Gasteiger charge is 2.33. The molecule has 1 aromatic carbocycles. The van der Waals surface area contributed by atoms with Crippen molar-refractivity contribution >= 4 is 11.8 Å². The third kappa shape index (κ3) is 5.08. The molecule has 2 fully saturated rings. The van der Waals surface area contributed by atoms with Crippen LogP contribution in [-0.4, -0.2) is 40.5 Å². The number of aromatic nitrogens is 1. The Morgan fingerprint density at radius 1 is 1.10 bits per heavy atom. The van der Waals surface area contributed by atoms with E-state index in [1.54, 1.807) is 0 Å². The Balaban J connectivity index is 1.45. The topological polar surface area (TPSA) is 101 Å². The van der Waals surface area contributed by atoms with Crippen LogP contribution in [0.2, 0.25) is 0 Å². The summed E-state index contributed by atoms with van der Waals surface area (Å²) in [6.07, 6.45) is 5.97. The number of nitrogens with two attached hydrogens (primary N) is 1. The van der Waals surface area contributed by atoms with Gasteiger partial charge in [-0.25, -0.2) is 0 Å². The summed E-state index contributed by atoms with van der Waals surface area (Å²) < 4.78 is 5.43. The molecule has 0 atom stereocenters. The monoisotopic (exact) mass is 410 g/mol. The highest BCUT2D eigenvalue weighted by atomic mass is 16.5. The minimum absolute atomic E-state index is 0.00775. The Morgan fingerprint density at radius 2 is 1.83 bits per heavy atom. The van der Waals surface area contributed by atoms with Crippen molar-refractivity contribution in [3.63, 3.8) is 0 Å². The Bertz CT molecular complexity index is 854. The number of hydrogen-bond donors (Lipinski definition) is 2. The first-order valence-corrected chi connectivity index (χ1v) is 10.9. The molecule has 160 valence electrons. The molecule has 2 aliphatic carbocycles. The average molecular weight is 411 g/mol. The van der Waals surface area contributed by atoms with Gasteiger partial charge < -0.3 is 20.5 Å². The smallest absolute Gasteiger partial charge is 0.276 e. The van der Waals surface area contributed by atoms with Gasteiger partial charge in [0, 0.05) is 43.6 Å². The number of carbonyl (C=O) groups is 2. The maximum Gasteiger partial charge on any atom is 0.276 e. The van der Waals surface area contributed by atoms with Crippen LogP contribution >= 0.6 is 0 Å². The zero-order valence-corrected chi connectivity index (χ0v) is 17.3. The second-order valence-corrected chi connectivity index (χ2v) is 8.42. The third-order valence-corrected chi connectivity index (χ3v) is 6.06. The molecule has 1 heterocycles. The molecule has 2 saturated carbocycles. The van der Waals surface area contributed by atoms with Crippen molar-refractivity contribution in [2.75, 3.05) is 6.54 Å². The molecule has 7 nitrogen and oxygen atoms in total. The van der Waals surface area contributed by atoms with Crippen molar-refractivity contribution in [3.05, 3.63) is 53.4 Å². The van der Waals surface area contributed by atoms with Crippen LogP contribution in [0.1, 0.15) is 72.7 Å². The van der Waals surface area contributed by atoms with E-state index in [1.165, 1.54) is 0 Å². The zero-order chi connectivity index (χ0) is 20.9. The first-order valence-electron chi connectivity index (χ1n) is 10.9. The number of carbonyl (C=O) groups excluding carboxylic acids is 2. The summed E-state index contributed by atoms with van der Waals surface area (Å²) in [5.74, 6) is 1.18. The fraction of sp³-hybridized carbons (Fsp3) is 0.522. The number of benzene rings is 1. The van der Waals surface area contributed by atoms with Crippen LogP contribution < -0.4 is 11.1 Å². The first kappa shape index (κ1) is 20.6. The summed E-state index contributed by atoms with van der Waals surface area (Å²) in [7, 11) is 0. The van der Waals surface area contributed by atoms with E-state index in [1.807, 2.05) is 41.3 Å². The van der Waals surface area contributed by atoms with Gasteiger partial charge in [-0.2, -0.15) is 0 Å². The van der Waals surface area contributed by atoms with Crippen LogP contribution in [0.15, 0.2) is 40.9 Å². The van der Waals surface area contributed by atoms with Crippen LogP contribution in [-0.2, 0) is 11.3 Å². The molecule has 0 aliphatic heterocycles. The van der Waals surface area contributed by atoms with Crippen LogP contribution in [0.4, 0.5) is 0 Å². The number of amides is 2. The molecule has 0 spiro atoms. The van der Waals surface area contributed by atoms with Crippen LogP contribution in [0.25, 0.3) is 0 Å². The van der Waals surface area contributed by atoms with Crippen LogP contribution in [0.5, 0.6) is 0 Å². The summed E-state index contributed by atoms with van der Waals surface area (Å²) in [6, 6.07) is 12.1. The van der Waals surface area contributed by atoms with E-state index < -0.39 is 0 Å². The van der Waals surface area contributed by atoms with Crippen molar-refractivity contribution < 1.29 is 14.1 Å². The van der Waals surface area contributed by atoms with Gasteiger partial charge in [0.15, 0.2) is 5.69 Å². The first-order chi connectivity index (χ1) is 14.6. The number of nitrogens with one attached hydrogen (secondary N) is 1. The van der Waals surface area contributed by atoms with E-state index in [0.717, 1.165) is 49.8 Å². The average Bonchev–Trinajstić information content (AvgIpc) is 3.50. The third-order valence-electron chi connectivity index (χ3n) is 6.06. The Morgan fingerprint density at radius 3 is 2.50 bits per heavy atom. The van der Waals surface area contributed by atoms with Crippen molar-refractivity contribution in [1.29, 1.82) is 0 Å². The molecule has 1 aromatic heterocycles. The number of rotatable bonds is 8. The molecular weight excluding hydrogens is 380 g/mol. The second kappa shape index (κ2) is 9.43. The summed E-state index contributed by atoms with van der Waals surface area (Å²) in [6.45, 7) is 0.904. The van der Waals surface area contributed by atoms with Crippen LogP contribution in [0.3, 0.4) is 0 Å². The lowest BCUT2D eigenvalue weighted by Gasteiger charge is -2.37. The van der Waals surface area contributed by atoms with E-state index in [0.29, 0.717) is 31.1 Å². The summed E-state index contributed by atoms with van der Waals surface area (Å²) in [5.41, 5.74) is 6.95. The fourth-order valence-corrected chi connectivity index (χ4v) is 4.21. The molecule has 0 radical (unpaired) electrons. The quantitative estimate of drug-likeness (QED) is 0.697. The van der Waals surface area contributed by atoms with Gasteiger partial charge in [0.05, 0.1) is 0 Å². The molecule has 4 rings (SSSR count). The number of nitrogens with zero attached hydrogens (tertiary/aromatic N) is 2. The fourth-order valence-electron chi connectivity index (χ4n) is 4.21. The minimum atomic E-state index is -0.0786. The Labute approximate surface area is 177 Å². The van der Waals surface area contributed by atoms with Gasteiger partial charge >= 0.3 is 0 Å². The molecule has 3 N–H and O–H groups in total. The van der Waals surface area contributed by atoms with Gasteiger partial charge in [0.25, 0.3) is 5.91 Å². The van der Waals surface area contributed by atoms with Gasteiger partial charge in [-0.15, -0.1) is 0 Å². The Kier molecular flexibility index (Phi) is 6.47. The lowest BCUT2D eigenvalue weighted by atomic mass is 9.89. The molecular formula is C23H30N4O3. The van der Waals surface area contributed by atoms with Crippen molar-refractivity contribution in [3.8, 4) is 0 Å². The van der Waals surface area contributed by atoms with Gasteiger partial charge in [-0.05, 0) is 44.1 Å². The standard InChI is InChI=1S/C23H30N4O3/c24-13-12-22(28)25-18-8-10-19(11-9-18)27(15-16-4-2-1-3-5-16)23(29)20-14-21(30-26-20)17-6-7-17/h1-5,14,17-19H,6-13,15,24H2,(H,25,28). The zero-order valence-electron chi connectivity index (χ0n) is 17.3. The van der Waals surface area contributed by atoms with E-state index >= 15 is 0 Å². The van der Waals surface area contributed by atoms with Crippen molar-refractivity contribution in [1.82, 2.24) is 15.4 Å². The highest BCUT2D eigenvalue weighted by Crippen LogP contribution is 2.40. The van der Waals surface area contributed by atoms with Gasteiger partial charge in [-0.3, -0.25) is 9.59 Å². The van der Waals surface area contributed by atoms with Gasteiger partial charge in [0.1, 0.15) is 5.76 Å². The predicted molar refractivity (Wildman–Crippen MR) is 113 cm³/mol. The summed E-state index contributed by atoms with van der Waals surface area (Å²) in [5, 5.41) is 7.14. The van der Waals surface area contributed by atoms with E-state index in [9.17, 15) is 9.59 Å². The predicted octanol–water partition coefficient (Wildman–Crippen LogP) is 2.97. The van der Waals surface area contributed by atoms with E-state index in [2.05, 4.69) is 10.5 Å². The maximum absolute atomic E-state index is 13.4. The van der Waals surface area contributed by atoms with Crippen molar-refractivity contribution in [2.45, 2.75) is 69.5 Å². The van der Waals surface area contributed by atoms with E-state index in [4.69, 9.17) is 10.3 Å². The molecule has 0 unspecified atom stereocenters. The van der Waals surface area contributed by atoms with Crippen LogP contribution in [0, 0.1) is 0 Å². The molecule has 2 aromatic rings.